The lowest BCUT2D eigenvalue weighted by molar-refractivity contribution is -0.136. The van der Waals surface area contributed by atoms with Gasteiger partial charge in [0, 0.05) is 0 Å². The molecule has 0 aromatic heterocycles. The first kappa shape index (κ1) is 15.2. The fourth-order valence-electron chi connectivity index (χ4n) is 0.231. The van der Waals surface area contributed by atoms with E-state index in [9.17, 15) is 4.79 Å². The van der Waals surface area contributed by atoms with Gasteiger partial charge in [-0.15, -0.1) is 0 Å². The van der Waals surface area contributed by atoms with Crippen molar-refractivity contribution in [2.24, 2.45) is 0 Å². The molecule has 0 saturated heterocycles. The van der Waals surface area contributed by atoms with Crippen molar-refractivity contribution < 1.29 is 24.9 Å². The Labute approximate surface area is 82.7 Å². The van der Waals surface area contributed by atoms with Crippen LogP contribution in [-0.2, 0) is 9.53 Å². The molecular weight excluding hydrogens is 196 g/mol. The second-order valence-electron chi connectivity index (χ2n) is 2.07. The highest BCUT2D eigenvalue weighted by Gasteiger charge is 2.00. The molecule has 0 aliphatic heterocycles. The highest BCUT2D eigenvalue weighted by Crippen LogP contribution is 1.88. The van der Waals surface area contributed by atoms with Gasteiger partial charge in [0.25, 0.3) is 0 Å². The molecule has 5 nitrogen and oxygen atoms in total. The molecule has 0 spiro atoms. The predicted molar refractivity (Wildman–Crippen MR) is 51.1 cm³/mol. The Bertz CT molecular complexity index is 113. The third-order valence-corrected chi connectivity index (χ3v) is 1.05. The number of carboxylic acids is 1. The summed E-state index contributed by atoms with van der Waals surface area (Å²) in [5.41, 5.74) is 0. The Hall–Kier alpha value is -0.300. The summed E-state index contributed by atoms with van der Waals surface area (Å²) in [6.45, 7) is 2.20. The summed E-state index contributed by atoms with van der Waals surface area (Å²) in [6, 6.07) is 0. The van der Waals surface area contributed by atoms with Crippen LogP contribution >= 0.6 is 12.6 Å². The van der Waals surface area contributed by atoms with Gasteiger partial charge in [0.1, 0.15) is 0 Å². The quantitative estimate of drug-likeness (QED) is 0.360. The molecule has 80 valence electrons. The van der Waals surface area contributed by atoms with Crippen LogP contribution in [0.4, 0.5) is 0 Å². The number of hydrogen-bond acceptors (Lipinski definition) is 5. The van der Waals surface area contributed by atoms with E-state index < -0.39 is 11.2 Å². The number of carboxylic acid groups (broad SMARTS) is 1. The van der Waals surface area contributed by atoms with E-state index in [1.54, 1.807) is 0 Å². The number of ether oxygens (including phenoxy) is 1. The van der Waals surface area contributed by atoms with Crippen molar-refractivity contribution in [3.63, 3.8) is 0 Å². The molecule has 0 rings (SSSR count). The number of aliphatic hydroxyl groups excluding tert-OH is 2. The standard InChI is InChI=1S/C4H10O3.C3H6O2S/c5-1-3-7-4-2-6;1-2(6)3(4)5/h5-6H,1-4H2;2,6H,1H3,(H,4,5). The summed E-state index contributed by atoms with van der Waals surface area (Å²) < 4.78 is 4.63. The van der Waals surface area contributed by atoms with Crippen LogP contribution in [0.1, 0.15) is 6.92 Å². The van der Waals surface area contributed by atoms with Gasteiger partial charge in [-0.05, 0) is 6.92 Å². The van der Waals surface area contributed by atoms with Gasteiger partial charge in [0.05, 0.1) is 31.7 Å². The first-order valence-corrected chi connectivity index (χ1v) is 4.28. The van der Waals surface area contributed by atoms with Gasteiger partial charge in [0.2, 0.25) is 0 Å². The van der Waals surface area contributed by atoms with E-state index >= 15 is 0 Å². The molecule has 0 aromatic rings. The first-order chi connectivity index (χ1) is 6.06. The maximum atomic E-state index is 9.62. The Morgan fingerprint density at radius 2 is 1.69 bits per heavy atom. The number of thiol groups is 1. The Morgan fingerprint density at radius 1 is 1.38 bits per heavy atom. The number of carbonyl (C=O) groups is 1. The summed E-state index contributed by atoms with van der Waals surface area (Å²) in [5, 5.41) is 23.5. The van der Waals surface area contributed by atoms with Crippen LogP contribution in [0.3, 0.4) is 0 Å². The van der Waals surface area contributed by atoms with Gasteiger partial charge < -0.3 is 20.1 Å². The molecule has 1 atom stereocenters. The van der Waals surface area contributed by atoms with Gasteiger partial charge in [-0.25, -0.2) is 0 Å². The van der Waals surface area contributed by atoms with Gasteiger partial charge in [-0.1, -0.05) is 0 Å². The van der Waals surface area contributed by atoms with Crippen LogP contribution in [0, 0.1) is 0 Å². The number of aliphatic carboxylic acids is 1. The topological polar surface area (TPSA) is 87.0 Å². The van der Waals surface area contributed by atoms with Crippen molar-refractivity contribution in [3.05, 3.63) is 0 Å². The van der Waals surface area contributed by atoms with E-state index in [2.05, 4.69) is 17.4 Å². The molecule has 0 heterocycles. The van der Waals surface area contributed by atoms with E-state index in [1.807, 2.05) is 0 Å². The van der Waals surface area contributed by atoms with Gasteiger partial charge in [-0.3, -0.25) is 4.79 Å². The minimum absolute atomic E-state index is 0.0278. The van der Waals surface area contributed by atoms with Crippen molar-refractivity contribution in [2.75, 3.05) is 26.4 Å². The van der Waals surface area contributed by atoms with E-state index in [-0.39, 0.29) is 13.2 Å². The van der Waals surface area contributed by atoms with E-state index in [0.717, 1.165) is 0 Å². The molecule has 13 heavy (non-hydrogen) atoms. The molecular formula is C7H16O5S. The summed E-state index contributed by atoms with van der Waals surface area (Å²) in [7, 11) is 0. The Morgan fingerprint density at radius 3 is 1.85 bits per heavy atom. The van der Waals surface area contributed by atoms with Crippen molar-refractivity contribution in [2.45, 2.75) is 12.2 Å². The smallest absolute Gasteiger partial charge is 0.316 e. The van der Waals surface area contributed by atoms with E-state index in [0.29, 0.717) is 13.2 Å². The maximum Gasteiger partial charge on any atom is 0.316 e. The molecule has 0 amide bonds. The molecule has 0 saturated carbocycles. The molecule has 0 bridgehead atoms. The van der Waals surface area contributed by atoms with Gasteiger partial charge in [0.15, 0.2) is 0 Å². The Balaban J connectivity index is 0. The lowest BCUT2D eigenvalue weighted by atomic mass is 10.5. The highest BCUT2D eigenvalue weighted by atomic mass is 32.1. The molecule has 0 aromatic carbocycles. The predicted octanol–water partition coefficient (Wildman–Crippen LogP) is -0.623. The van der Waals surface area contributed by atoms with Crippen molar-refractivity contribution >= 4 is 18.6 Å². The molecule has 0 radical (unpaired) electrons. The van der Waals surface area contributed by atoms with Gasteiger partial charge >= 0.3 is 5.97 Å². The normalized spacial score (nSPS) is 11.4. The lowest BCUT2D eigenvalue weighted by Gasteiger charge is -1.94. The molecule has 3 N–H and O–H groups in total. The van der Waals surface area contributed by atoms with Crippen LogP contribution in [-0.4, -0.2) is 53.0 Å². The zero-order valence-corrected chi connectivity index (χ0v) is 8.41. The fraction of sp³-hybridized carbons (Fsp3) is 0.857. The zero-order chi connectivity index (χ0) is 10.7. The van der Waals surface area contributed by atoms with Crippen LogP contribution in [0.5, 0.6) is 0 Å². The summed E-state index contributed by atoms with van der Waals surface area (Å²) in [6.07, 6.45) is 0. The minimum atomic E-state index is -0.877. The molecule has 0 aliphatic carbocycles. The third kappa shape index (κ3) is 18.6. The molecule has 0 fully saturated rings. The fourth-order valence-corrected chi connectivity index (χ4v) is 0.231. The molecule has 1 unspecified atom stereocenters. The van der Waals surface area contributed by atoms with Crippen molar-refractivity contribution in [1.29, 1.82) is 0 Å². The second kappa shape index (κ2) is 11.7. The summed E-state index contributed by atoms with van der Waals surface area (Å²) in [4.78, 5) is 9.62. The van der Waals surface area contributed by atoms with Crippen LogP contribution in [0.2, 0.25) is 0 Å². The van der Waals surface area contributed by atoms with Crippen molar-refractivity contribution in [1.82, 2.24) is 0 Å². The summed E-state index contributed by atoms with van der Waals surface area (Å²) >= 11 is 3.59. The monoisotopic (exact) mass is 212 g/mol. The summed E-state index contributed by atoms with van der Waals surface area (Å²) in [5.74, 6) is -0.877. The average Bonchev–Trinajstić information content (AvgIpc) is 2.06. The van der Waals surface area contributed by atoms with E-state index in [1.165, 1.54) is 6.92 Å². The lowest BCUT2D eigenvalue weighted by Crippen LogP contribution is -2.06. The van der Waals surface area contributed by atoms with Crippen molar-refractivity contribution in [3.8, 4) is 0 Å². The second-order valence-corrected chi connectivity index (χ2v) is 2.85. The zero-order valence-electron chi connectivity index (χ0n) is 7.51. The largest absolute Gasteiger partial charge is 0.480 e. The van der Waals surface area contributed by atoms with Crippen LogP contribution < -0.4 is 0 Å². The first-order valence-electron chi connectivity index (χ1n) is 3.76. The number of rotatable bonds is 5. The minimum Gasteiger partial charge on any atom is -0.480 e. The Kier molecular flexibility index (Phi) is 13.7. The van der Waals surface area contributed by atoms with Crippen LogP contribution in [0.25, 0.3) is 0 Å². The average molecular weight is 212 g/mol. The maximum absolute atomic E-state index is 9.62. The van der Waals surface area contributed by atoms with Gasteiger partial charge in [-0.2, -0.15) is 12.6 Å². The highest BCUT2D eigenvalue weighted by molar-refractivity contribution is 7.81. The number of aliphatic hydroxyl groups is 2. The third-order valence-electron chi connectivity index (χ3n) is 0.829. The number of hydrogen-bond donors (Lipinski definition) is 4. The SMILES string of the molecule is CC(S)C(=O)O.OCCOCCO. The molecule has 6 heteroatoms. The van der Waals surface area contributed by atoms with Crippen LogP contribution in [0.15, 0.2) is 0 Å². The molecule has 0 aliphatic rings. The van der Waals surface area contributed by atoms with E-state index in [4.69, 9.17) is 15.3 Å².